The monoisotopic (exact) mass is 428 g/mol. The Balaban J connectivity index is 2.23. The highest BCUT2D eigenvalue weighted by Crippen LogP contribution is 2.41. The molecule has 1 aliphatic heterocycles. The molecule has 0 aromatic carbocycles. The molecule has 0 N–H and O–H groups in total. The van der Waals surface area contributed by atoms with Crippen LogP contribution >= 0.6 is 22.9 Å². The van der Waals surface area contributed by atoms with Crippen LogP contribution in [0.15, 0.2) is 0 Å². The largest absolute Gasteiger partial charge is 0.382 e. The first-order chi connectivity index (χ1) is 10.3. The van der Waals surface area contributed by atoms with Crippen LogP contribution in [-0.4, -0.2) is 71.8 Å². The van der Waals surface area contributed by atoms with Gasteiger partial charge in [-0.2, -0.15) is 0 Å². The van der Waals surface area contributed by atoms with Gasteiger partial charge in [0.25, 0.3) is 0 Å². The molecule has 7 heteroatoms. The van der Waals surface area contributed by atoms with Crippen molar-refractivity contribution in [1.29, 1.82) is 0 Å². The average Bonchev–Trinajstić information content (AvgIpc) is 2.57. The van der Waals surface area contributed by atoms with Crippen molar-refractivity contribution in [1.82, 2.24) is 8.01 Å². The zero-order valence-electron chi connectivity index (χ0n) is 14.4. The second-order valence-electron chi connectivity index (χ2n) is 6.36. The van der Waals surface area contributed by atoms with Gasteiger partial charge in [-0.1, -0.05) is 0 Å². The summed E-state index contributed by atoms with van der Waals surface area (Å²) in [5, 5.41) is 0. The van der Waals surface area contributed by atoms with Crippen LogP contribution in [0.2, 0.25) is 0 Å². The normalized spacial score (nSPS) is 20.8. The predicted octanol–water partition coefficient (Wildman–Crippen LogP) is 2.07. The van der Waals surface area contributed by atoms with Crippen LogP contribution in [0, 0.1) is 0 Å². The van der Waals surface area contributed by atoms with Crippen molar-refractivity contribution >= 4 is 28.8 Å². The molecule has 1 heterocycles. The smallest absolute Gasteiger partial charge is 0.244 e. The van der Waals surface area contributed by atoms with Gasteiger partial charge >= 0.3 is 0 Å². The molecule has 6 nitrogen and oxygen atoms in total. The van der Waals surface area contributed by atoms with E-state index < -0.39 is 5.54 Å². The standard InChI is InChI=1S/C15H29IN2O4/c1-14(2)13(19)17(15(3,4)18(14)16)7-6-8-21-11-12-22-10-9-20-5/h6-12H2,1-5H3. The summed E-state index contributed by atoms with van der Waals surface area (Å²) in [6, 6.07) is 0. The highest BCUT2D eigenvalue weighted by molar-refractivity contribution is 14.1. The molecule has 0 unspecified atom stereocenters. The third-order valence-corrected chi connectivity index (χ3v) is 6.26. The first-order valence-corrected chi connectivity index (χ1v) is 8.65. The first kappa shape index (κ1) is 20.1. The Labute approximate surface area is 147 Å². The highest BCUT2D eigenvalue weighted by Gasteiger charge is 2.55. The number of rotatable bonds is 10. The predicted molar refractivity (Wildman–Crippen MR) is 93.9 cm³/mol. The molecule has 130 valence electrons. The third kappa shape index (κ3) is 4.77. The van der Waals surface area contributed by atoms with Gasteiger partial charge in [-0.15, -0.1) is 0 Å². The van der Waals surface area contributed by atoms with Gasteiger partial charge in [-0.25, -0.2) is 3.11 Å². The van der Waals surface area contributed by atoms with E-state index in [0.717, 1.165) is 6.42 Å². The van der Waals surface area contributed by atoms with Crippen molar-refractivity contribution < 1.29 is 19.0 Å². The Morgan fingerprint density at radius 2 is 1.55 bits per heavy atom. The van der Waals surface area contributed by atoms with Gasteiger partial charge in [-0.3, -0.25) is 4.79 Å². The lowest BCUT2D eigenvalue weighted by Crippen LogP contribution is -2.46. The Morgan fingerprint density at radius 3 is 2.05 bits per heavy atom. The zero-order chi connectivity index (χ0) is 16.8. The van der Waals surface area contributed by atoms with E-state index in [0.29, 0.717) is 39.6 Å². The number of halogens is 1. The van der Waals surface area contributed by atoms with Gasteiger partial charge in [-0.05, 0) is 34.1 Å². The fourth-order valence-corrected chi connectivity index (χ4v) is 3.08. The summed E-state index contributed by atoms with van der Waals surface area (Å²) >= 11 is 2.25. The summed E-state index contributed by atoms with van der Waals surface area (Å²) in [5.41, 5.74) is -0.732. The lowest BCUT2D eigenvalue weighted by atomic mass is 10.1. The Morgan fingerprint density at radius 1 is 1.00 bits per heavy atom. The molecular weight excluding hydrogens is 399 g/mol. The second kappa shape index (κ2) is 8.77. The van der Waals surface area contributed by atoms with E-state index >= 15 is 0 Å². The number of hydrogen-bond donors (Lipinski definition) is 0. The molecule has 1 fully saturated rings. The van der Waals surface area contributed by atoms with Crippen LogP contribution < -0.4 is 0 Å². The minimum Gasteiger partial charge on any atom is -0.382 e. The lowest BCUT2D eigenvalue weighted by Gasteiger charge is -2.36. The first-order valence-electron chi connectivity index (χ1n) is 7.69. The van der Waals surface area contributed by atoms with Gasteiger partial charge in [0.1, 0.15) is 5.54 Å². The fraction of sp³-hybridized carbons (Fsp3) is 0.933. The molecule has 1 aliphatic rings. The third-order valence-electron chi connectivity index (χ3n) is 3.87. The summed E-state index contributed by atoms with van der Waals surface area (Å²) in [7, 11) is 1.65. The van der Waals surface area contributed by atoms with E-state index in [1.165, 1.54) is 0 Å². The minimum absolute atomic E-state index is 0.176. The van der Waals surface area contributed by atoms with E-state index in [2.05, 4.69) is 39.8 Å². The maximum absolute atomic E-state index is 12.5. The molecule has 0 aromatic rings. The maximum Gasteiger partial charge on any atom is 0.244 e. The molecule has 1 saturated heterocycles. The molecule has 1 amide bonds. The molecule has 22 heavy (non-hydrogen) atoms. The summed E-state index contributed by atoms with van der Waals surface area (Å²) in [4.78, 5) is 14.5. The van der Waals surface area contributed by atoms with Crippen molar-refractivity contribution in [2.24, 2.45) is 0 Å². The molecular formula is C15H29IN2O4. The summed E-state index contributed by atoms with van der Waals surface area (Å²) in [6.45, 7) is 11.8. The number of carbonyl (C=O) groups excluding carboxylic acids is 1. The van der Waals surface area contributed by atoms with Gasteiger partial charge in [0.15, 0.2) is 0 Å². The van der Waals surface area contributed by atoms with Crippen molar-refractivity contribution in [2.75, 3.05) is 46.7 Å². The van der Waals surface area contributed by atoms with Gasteiger partial charge in [0.2, 0.25) is 5.91 Å². The van der Waals surface area contributed by atoms with E-state index in [-0.39, 0.29) is 11.6 Å². The van der Waals surface area contributed by atoms with E-state index in [4.69, 9.17) is 14.2 Å². The van der Waals surface area contributed by atoms with Crippen LogP contribution in [0.4, 0.5) is 0 Å². The molecule has 0 aromatic heterocycles. The molecule has 0 bridgehead atoms. The number of methoxy groups -OCH3 is 1. The number of ether oxygens (including phenoxy) is 3. The molecule has 1 rings (SSSR count). The van der Waals surface area contributed by atoms with Gasteiger partial charge < -0.3 is 19.1 Å². The summed E-state index contributed by atoms with van der Waals surface area (Å²) in [5.74, 6) is 0.176. The molecule has 0 radical (unpaired) electrons. The lowest BCUT2D eigenvalue weighted by molar-refractivity contribution is -0.133. The molecule has 0 spiro atoms. The van der Waals surface area contributed by atoms with E-state index in [9.17, 15) is 4.79 Å². The topological polar surface area (TPSA) is 51.2 Å². The van der Waals surface area contributed by atoms with Gasteiger partial charge in [0.05, 0.1) is 32.1 Å². The van der Waals surface area contributed by atoms with E-state index in [1.54, 1.807) is 7.11 Å². The Bertz CT molecular complexity index is 363. The van der Waals surface area contributed by atoms with E-state index in [1.807, 2.05) is 18.7 Å². The minimum atomic E-state index is -0.458. The van der Waals surface area contributed by atoms with Crippen LogP contribution in [-0.2, 0) is 19.0 Å². The van der Waals surface area contributed by atoms with Crippen LogP contribution in [0.3, 0.4) is 0 Å². The van der Waals surface area contributed by atoms with Crippen molar-refractivity contribution in [3.63, 3.8) is 0 Å². The number of nitrogens with zero attached hydrogens (tertiary/aromatic N) is 2. The Kier molecular flexibility index (Phi) is 8.01. The fourth-order valence-electron chi connectivity index (χ4n) is 2.62. The van der Waals surface area contributed by atoms with Crippen molar-refractivity contribution in [2.45, 2.75) is 45.3 Å². The maximum atomic E-state index is 12.5. The summed E-state index contributed by atoms with van der Waals surface area (Å²) < 4.78 is 17.9. The van der Waals surface area contributed by atoms with Gasteiger partial charge in [0, 0.05) is 43.1 Å². The SMILES string of the molecule is COCCOCCOCCCN1C(=O)C(C)(C)N(I)C1(C)C. The Hall–Kier alpha value is 0.0400. The van der Waals surface area contributed by atoms with Crippen molar-refractivity contribution in [3.8, 4) is 0 Å². The number of amides is 1. The average molecular weight is 428 g/mol. The number of hydrogen-bond acceptors (Lipinski definition) is 5. The zero-order valence-corrected chi connectivity index (χ0v) is 16.5. The summed E-state index contributed by atoms with van der Waals surface area (Å²) in [6.07, 6.45) is 0.827. The number of carbonyl (C=O) groups is 1. The molecule has 0 atom stereocenters. The van der Waals surface area contributed by atoms with Crippen LogP contribution in [0.5, 0.6) is 0 Å². The molecule has 0 saturated carbocycles. The van der Waals surface area contributed by atoms with Crippen LogP contribution in [0.25, 0.3) is 0 Å². The second-order valence-corrected chi connectivity index (χ2v) is 7.33. The highest BCUT2D eigenvalue weighted by atomic mass is 127. The quantitative estimate of drug-likeness (QED) is 0.303. The van der Waals surface area contributed by atoms with Crippen molar-refractivity contribution in [3.05, 3.63) is 0 Å². The van der Waals surface area contributed by atoms with Crippen LogP contribution in [0.1, 0.15) is 34.1 Å². The molecule has 0 aliphatic carbocycles.